The highest BCUT2D eigenvalue weighted by Crippen LogP contribution is 2.52. The SMILES string of the molecule is CC(C)C1=C(C(C)C)CC2(CCN(C(C)C)CC2)C1. The maximum atomic E-state index is 2.66. The minimum Gasteiger partial charge on any atom is -0.301 e. The van der Waals surface area contributed by atoms with Crippen molar-refractivity contribution in [1.82, 2.24) is 4.90 Å². The van der Waals surface area contributed by atoms with Crippen LogP contribution in [0.25, 0.3) is 0 Å². The zero-order valence-electron chi connectivity index (χ0n) is 13.9. The van der Waals surface area contributed by atoms with Crippen LogP contribution in [0.15, 0.2) is 11.1 Å². The maximum Gasteiger partial charge on any atom is 0.00385 e. The van der Waals surface area contributed by atoms with Crippen molar-refractivity contribution in [3.63, 3.8) is 0 Å². The van der Waals surface area contributed by atoms with E-state index in [1.54, 1.807) is 11.1 Å². The molecule has 1 heterocycles. The smallest absolute Gasteiger partial charge is 0.00385 e. The van der Waals surface area contributed by atoms with Crippen LogP contribution in [0.4, 0.5) is 0 Å². The summed E-state index contributed by atoms with van der Waals surface area (Å²) in [5.74, 6) is 1.50. The number of likely N-dealkylation sites (tertiary alicyclic amines) is 1. The van der Waals surface area contributed by atoms with E-state index in [-0.39, 0.29) is 0 Å². The van der Waals surface area contributed by atoms with Crippen LogP contribution in [0.3, 0.4) is 0 Å². The molecule has 0 aromatic rings. The van der Waals surface area contributed by atoms with Gasteiger partial charge in [0, 0.05) is 6.04 Å². The highest BCUT2D eigenvalue weighted by molar-refractivity contribution is 5.28. The Kier molecular flexibility index (Phi) is 4.45. The van der Waals surface area contributed by atoms with Crippen LogP contribution < -0.4 is 0 Å². The summed E-state index contributed by atoms with van der Waals surface area (Å²) in [5, 5.41) is 0. The summed E-state index contributed by atoms with van der Waals surface area (Å²) in [7, 11) is 0. The van der Waals surface area contributed by atoms with E-state index in [4.69, 9.17) is 0 Å². The molecule has 1 aliphatic heterocycles. The van der Waals surface area contributed by atoms with Gasteiger partial charge in [0.2, 0.25) is 0 Å². The summed E-state index contributed by atoms with van der Waals surface area (Å²) in [5.41, 5.74) is 4.23. The quantitative estimate of drug-likeness (QED) is 0.656. The van der Waals surface area contributed by atoms with Crippen molar-refractivity contribution in [3.8, 4) is 0 Å². The third-order valence-electron chi connectivity index (χ3n) is 5.53. The molecule has 19 heavy (non-hydrogen) atoms. The Bertz CT molecular complexity index is 319. The van der Waals surface area contributed by atoms with Crippen LogP contribution in [0, 0.1) is 17.3 Å². The Morgan fingerprint density at radius 3 is 1.53 bits per heavy atom. The first-order valence-electron chi connectivity index (χ1n) is 8.30. The number of rotatable bonds is 3. The molecule has 2 aliphatic rings. The van der Waals surface area contributed by atoms with Crippen molar-refractivity contribution < 1.29 is 0 Å². The van der Waals surface area contributed by atoms with Gasteiger partial charge in [-0.1, -0.05) is 38.8 Å². The van der Waals surface area contributed by atoms with E-state index in [0.29, 0.717) is 5.41 Å². The second kappa shape index (κ2) is 5.60. The predicted molar refractivity (Wildman–Crippen MR) is 84.3 cm³/mol. The topological polar surface area (TPSA) is 3.24 Å². The monoisotopic (exact) mass is 263 g/mol. The molecule has 0 atom stereocenters. The third kappa shape index (κ3) is 3.07. The fourth-order valence-corrected chi connectivity index (χ4v) is 4.12. The molecule has 0 amide bonds. The van der Waals surface area contributed by atoms with Crippen molar-refractivity contribution >= 4 is 0 Å². The molecule has 110 valence electrons. The lowest BCUT2D eigenvalue weighted by Gasteiger charge is -2.42. The van der Waals surface area contributed by atoms with E-state index in [9.17, 15) is 0 Å². The van der Waals surface area contributed by atoms with Gasteiger partial charge in [-0.05, 0) is 69.9 Å². The summed E-state index contributed by atoms with van der Waals surface area (Å²) in [4.78, 5) is 2.66. The first-order chi connectivity index (χ1) is 8.84. The Hall–Kier alpha value is -0.300. The van der Waals surface area contributed by atoms with E-state index >= 15 is 0 Å². The second-order valence-corrected chi connectivity index (χ2v) is 7.84. The Labute approximate surface area is 120 Å². The summed E-state index contributed by atoms with van der Waals surface area (Å²) >= 11 is 0. The van der Waals surface area contributed by atoms with Crippen LogP contribution in [-0.2, 0) is 0 Å². The van der Waals surface area contributed by atoms with E-state index in [0.717, 1.165) is 17.9 Å². The molecule has 0 aromatic carbocycles. The minimum atomic E-state index is 0.630. The molecule has 0 N–H and O–H groups in total. The molecule has 1 spiro atoms. The van der Waals surface area contributed by atoms with Gasteiger partial charge in [0.1, 0.15) is 0 Å². The molecule has 1 nitrogen and oxygen atoms in total. The molecule has 1 heteroatoms. The van der Waals surface area contributed by atoms with Crippen molar-refractivity contribution in [3.05, 3.63) is 11.1 Å². The summed E-state index contributed by atoms with van der Waals surface area (Å²) in [6.07, 6.45) is 5.61. The molecule has 0 radical (unpaired) electrons. The molecule has 1 saturated heterocycles. The molecule has 1 aliphatic carbocycles. The molecular formula is C18H33N. The minimum absolute atomic E-state index is 0.630. The molecule has 0 aromatic heterocycles. The van der Waals surface area contributed by atoms with Crippen molar-refractivity contribution in [2.75, 3.05) is 13.1 Å². The Balaban J connectivity index is 2.07. The van der Waals surface area contributed by atoms with E-state index in [1.165, 1.54) is 38.8 Å². The number of allylic oxidation sites excluding steroid dienone is 2. The standard InChI is InChI=1S/C18H33N/c1-13(2)16-11-18(12-17(16)14(3)4)7-9-19(10-8-18)15(5)6/h13-15H,7-12H2,1-6H3. The van der Waals surface area contributed by atoms with E-state index in [2.05, 4.69) is 46.4 Å². The zero-order chi connectivity index (χ0) is 14.2. The highest BCUT2D eigenvalue weighted by atomic mass is 15.2. The van der Waals surface area contributed by atoms with Gasteiger partial charge in [0.15, 0.2) is 0 Å². The molecule has 2 rings (SSSR count). The van der Waals surface area contributed by atoms with Gasteiger partial charge in [-0.3, -0.25) is 0 Å². The summed E-state index contributed by atoms with van der Waals surface area (Å²) < 4.78 is 0. The van der Waals surface area contributed by atoms with Crippen LogP contribution in [0.2, 0.25) is 0 Å². The van der Waals surface area contributed by atoms with Gasteiger partial charge in [0.25, 0.3) is 0 Å². The Morgan fingerprint density at radius 1 is 0.789 bits per heavy atom. The number of piperidine rings is 1. The van der Waals surface area contributed by atoms with Gasteiger partial charge < -0.3 is 4.90 Å². The number of hydrogen-bond acceptors (Lipinski definition) is 1. The van der Waals surface area contributed by atoms with Crippen molar-refractivity contribution in [1.29, 1.82) is 0 Å². The van der Waals surface area contributed by atoms with Gasteiger partial charge in [-0.15, -0.1) is 0 Å². The maximum absolute atomic E-state index is 2.66. The van der Waals surface area contributed by atoms with Crippen LogP contribution in [0.5, 0.6) is 0 Å². The van der Waals surface area contributed by atoms with Crippen LogP contribution in [0.1, 0.15) is 67.2 Å². The molecular weight excluding hydrogens is 230 g/mol. The van der Waals surface area contributed by atoms with Gasteiger partial charge in [-0.25, -0.2) is 0 Å². The number of nitrogens with zero attached hydrogens (tertiary/aromatic N) is 1. The second-order valence-electron chi connectivity index (χ2n) is 7.84. The molecule has 0 bridgehead atoms. The molecule has 0 saturated carbocycles. The largest absolute Gasteiger partial charge is 0.301 e. The fourth-order valence-electron chi connectivity index (χ4n) is 4.12. The van der Waals surface area contributed by atoms with Crippen molar-refractivity contribution in [2.24, 2.45) is 17.3 Å². The Morgan fingerprint density at radius 2 is 1.21 bits per heavy atom. The van der Waals surface area contributed by atoms with E-state index in [1.807, 2.05) is 0 Å². The fraction of sp³-hybridized carbons (Fsp3) is 0.889. The molecule has 1 fully saturated rings. The van der Waals surface area contributed by atoms with Gasteiger partial charge in [-0.2, -0.15) is 0 Å². The third-order valence-corrected chi connectivity index (χ3v) is 5.53. The van der Waals surface area contributed by atoms with Crippen LogP contribution >= 0.6 is 0 Å². The summed E-state index contributed by atoms with van der Waals surface area (Å²) in [6.45, 7) is 16.9. The first kappa shape index (κ1) is 15.1. The lowest BCUT2D eigenvalue weighted by Crippen LogP contribution is -2.42. The van der Waals surface area contributed by atoms with Gasteiger partial charge in [0.05, 0.1) is 0 Å². The van der Waals surface area contributed by atoms with Crippen molar-refractivity contribution in [2.45, 2.75) is 73.3 Å². The normalized spacial score (nSPS) is 24.5. The lowest BCUT2D eigenvalue weighted by molar-refractivity contribution is 0.0875. The predicted octanol–water partition coefficient (Wildman–Crippen LogP) is 4.88. The average Bonchev–Trinajstić information content (AvgIpc) is 2.70. The van der Waals surface area contributed by atoms with E-state index < -0.39 is 0 Å². The lowest BCUT2D eigenvalue weighted by atomic mass is 9.74. The summed E-state index contributed by atoms with van der Waals surface area (Å²) in [6, 6.07) is 0.723. The highest BCUT2D eigenvalue weighted by Gasteiger charge is 2.42. The number of hydrogen-bond donors (Lipinski definition) is 0. The van der Waals surface area contributed by atoms with Gasteiger partial charge >= 0.3 is 0 Å². The zero-order valence-corrected chi connectivity index (χ0v) is 13.9. The van der Waals surface area contributed by atoms with Crippen LogP contribution in [-0.4, -0.2) is 24.0 Å². The molecule has 0 unspecified atom stereocenters. The first-order valence-corrected chi connectivity index (χ1v) is 8.30. The average molecular weight is 263 g/mol.